The van der Waals surface area contributed by atoms with Crippen molar-refractivity contribution in [1.82, 2.24) is 0 Å². The van der Waals surface area contributed by atoms with E-state index >= 15 is 17.6 Å². The van der Waals surface area contributed by atoms with Crippen LogP contribution in [0, 0.1) is 23.3 Å². The molecule has 4 heteroatoms. The first-order valence-electron chi connectivity index (χ1n) is 15.0. The molecule has 0 heterocycles. The molecule has 0 aliphatic rings. The van der Waals surface area contributed by atoms with Crippen LogP contribution in [0.5, 0.6) is 0 Å². The maximum atomic E-state index is 16.1. The topological polar surface area (TPSA) is 0 Å². The van der Waals surface area contributed by atoms with Crippen molar-refractivity contribution in [3.05, 3.63) is 169 Å². The lowest BCUT2D eigenvalue weighted by Gasteiger charge is -2.16. The molecule has 220 valence electrons. The van der Waals surface area contributed by atoms with Gasteiger partial charge in [0.2, 0.25) is 0 Å². The average molecular weight is 605 g/mol. The van der Waals surface area contributed by atoms with Gasteiger partial charge in [0, 0.05) is 0 Å². The Morgan fingerprint density at radius 2 is 0.587 bits per heavy atom. The number of rotatable bonds is 4. The molecular formula is C42H24F4. The van der Waals surface area contributed by atoms with E-state index in [2.05, 4.69) is 0 Å². The normalized spacial score (nSPS) is 11.5. The summed E-state index contributed by atoms with van der Waals surface area (Å²) >= 11 is 0. The molecule has 8 aromatic carbocycles. The third kappa shape index (κ3) is 4.45. The van der Waals surface area contributed by atoms with Crippen molar-refractivity contribution in [1.29, 1.82) is 0 Å². The molecule has 0 spiro atoms. The maximum absolute atomic E-state index is 16.1. The zero-order valence-corrected chi connectivity index (χ0v) is 24.4. The third-order valence-electron chi connectivity index (χ3n) is 8.73. The molecule has 8 rings (SSSR count). The number of benzene rings is 8. The van der Waals surface area contributed by atoms with Crippen LogP contribution in [0.1, 0.15) is 0 Å². The second-order valence-electron chi connectivity index (χ2n) is 11.4. The summed E-state index contributed by atoms with van der Waals surface area (Å²) in [4.78, 5) is 0. The number of hydrogen-bond donors (Lipinski definition) is 0. The average Bonchev–Trinajstić information content (AvgIpc) is 3.12. The van der Waals surface area contributed by atoms with Crippen LogP contribution in [0.3, 0.4) is 0 Å². The lowest BCUT2D eigenvalue weighted by molar-refractivity contribution is 0.463. The third-order valence-corrected chi connectivity index (χ3v) is 8.73. The predicted octanol–water partition coefficient (Wildman–Crippen LogP) is 12.4. The highest BCUT2D eigenvalue weighted by Crippen LogP contribution is 2.42. The molecule has 0 aromatic heterocycles. The van der Waals surface area contributed by atoms with E-state index in [4.69, 9.17) is 0 Å². The van der Waals surface area contributed by atoms with Crippen LogP contribution in [-0.2, 0) is 0 Å². The quantitative estimate of drug-likeness (QED) is 0.107. The van der Waals surface area contributed by atoms with Crippen LogP contribution >= 0.6 is 0 Å². The van der Waals surface area contributed by atoms with Gasteiger partial charge in [0.15, 0.2) is 23.3 Å². The SMILES string of the molecule is Fc1c(F)c(-c2ccc3c4ccccc4c4ccccc4c3c2)c(F)c(F)c1-c1cc(-c2ccccc2)cc(-c2ccccc2)c1. The van der Waals surface area contributed by atoms with Gasteiger partial charge in [-0.2, -0.15) is 0 Å². The molecule has 0 unspecified atom stereocenters. The Kier molecular flexibility index (Phi) is 6.65. The number of halogens is 4. The standard InChI is InChI=1S/C42H24F4/c43-39-37(27-19-20-35-33-17-8-7-15-31(33)32-16-9-10-18-34(32)36(35)24-27)40(44)42(46)38(41(39)45)30-22-28(25-11-3-1-4-12-25)21-29(23-30)26-13-5-2-6-14-26/h1-24H. The second kappa shape index (κ2) is 11.0. The lowest BCUT2D eigenvalue weighted by atomic mass is 9.90. The molecule has 0 saturated heterocycles. The van der Waals surface area contributed by atoms with E-state index in [0.29, 0.717) is 11.1 Å². The summed E-state index contributed by atoms with van der Waals surface area (Å²) < 4.78 is 64.5. The van der Waals surface area contributed by atoms with Gasteiger partial charge in [-0.1, -0.05) is 121 Å². The first-order valence-corrected chi connectivity index (χ1v) is 15.0. The summed E-state index contributed by atoms with van der Waals surface area (Å²) in [5, 5.41) is 5.49. The van der Waals surface area contributed by atoms with Crippen molar-refractivity contribution in [2.45, 2.75) is 0 Å². The summed E-state index contributed by atoms with van der Waals surface area (Å²) in [5.41, 5.74) is 1.53. The van der Waals surface area contributed by atoms with Gasteiger partial charge in [-0.05, 0) is 90.0 Å². The van der Waals surface area contributed by atoms with Gasteiger partial charge < -0.3 is 0 Å². The predicted molar refractivity (Wildman–Crippen MR) is 181 cm³/mol. The van der Waals surface area contributed by atoms with E-state index in [0.717, 1.165) is 43.4 Å². The second-order valence-corrected chi connectivity index (χ2v) is 11.4. The molecule has 0 nitrogen and oxygen atoms in total. The van der Waals surface area contributed by atoms with Crippen molar-refractivity contribution in [3.8, 4) is 44.5 Å². The molecule has 0 amide bonds. The molecule has 0 radical (unpaired) electrons. The van der Waals surface area contributed by atoms with E-state index in [-0.39, 0.29) is 11.1 Å². The Balaban J connectivity index is 1.35. The van der Waals surface area contributed by atoms with Gasteiger partial charge in [0.05, 0.1) is 11.1 Å². The Hall–Kier alpha value is -5.74. The van der Waals surface area contributed by atoms with Gasteiger partial charge in [0.25, 0.3) is 0 Å². The molecule has 0 saturated carbocycles. The maximum Gasteiger partial charge on any atom is 0.170 e. The molecule has 0 N–H and O–H groups in total. The Morgan fingerprint density at radius 3 is 1.04 bits per heavy atom. The molecule has 46 heavy (non-hydrogen) atoms. The smallest absolute Gasteiger partial charge is 0.170 e. The van der Waals surface area contributed by atoms with Crippen molar-refractivity contribution < 1.29 is 17.6 Å². The molecule has 0 atom stereocenters. The highest BCUT2D eigenvalue weighted by atomic mass is 19.2. The van der Waals surface area contributed by atoms with Crippen LogP contribution in [0.15, 0.2) is 146 Å². The van der Waals surface area contributed by atoms with Gasteiger partial charge >= 0.3 is 0 Å². The Labute approximate surface area is 262 Å². The lowest BCUT2D eigenvalue weighted by Crippen LogP contribution is -2.04. The summed E-state index contributed by atoms with van der Waals surface area (Å²) in [6.07, 6.45) is 0. The highest BCUT2D eigenvalue weighted by molar-refractivity contribution is 6.25. The van der Waals surface area contributed by atoms with E-state index in [1.165, 1.54) is 6.07 Å². The van der Waals surface area contributed by atoms with Crippen molar-refractivity contribution in [3.63, 3.8) is 0 Å². The van der Waals surface area contributed by atoms with E-state index in [9.17, 15) is 0 Å². The molecule has 0 aliphatic carbocycles. The summed E-state index contributed by atoms with van der Waals surface area (Å²) in [7, 11) is 0. The minimum atomic E-state index is -1.44. The van der Waals surface area contributed by atoms with Crippen LogP contribution < -0.4 is 0 Å². The highest BCUT2D eigenvalue weighted by Gasteiger charge is 2.28. The Morgan fingerprint density at radius 1 is 0.239 bits per heavy atom. The largest absolute Gasteiger partial charge is 0.203 e. The summed E-state index contributed by atoms with van der Waals surface area (Å²) in [6, 6.07) is 44.3. The minimum Gasteiger partial charge on any atom is -0.203 e. The first kappa shape index (κ1) is 27.8. The Bertz CT molecular complexity index is 2330. The van der Waals surface area contributed by atoms with Crippen LogP contribution in [0.4, 0.5) is 17.6 Å². The minimum absolute atomic E-state index is 0.0375. The zero-order chi connectivity index (χ0) is 31.4. The van der Waals surface area contributed by atoms with Crippen LogP contribution in [-0.4, -0.2) is 0 Å². The van der Waals surface area contributed by atoms with E-state index in [1.54, 1.807) is 24.3 Å². The molecule has 8 aromatic rings. The molecule has 0 aliphatic heterocycles. The fourth-order valence-corrected chi connectivity index (χ4v) is 6.57. The summed E-state index contributed by atoms with van der Waals surface area (Å²) in [5.74, 6) is -5.77. The van der Waals surface area contributed by atoms with Gasteiger partial charge in [-0.3, -0.25) is 0 Å². The zero-order valence-electron chi connectivity index (χ0n) is 24.4. The molecular weight excluding hydrogens is 580 g/mol. The van der Waals surface area contributed by atoms with E-state index < -0.39 is 34.4 Å². The van der Waals surface area contributed by atoms with Crippen LogP contribution in [0.2, 0.25) is 0 Å². The van der Waals surface area contributed by atoms with Crippen LogP contribution in [0.25, 0.3) is 76.8 Å². The first-order chi connectivity index (χ1) is 22.5. The van der Waals surface area contributed by atoms with Crippen molar-refractivity contribution in [2.75, 3.05) is 0 Å². The summed E-state index contributed by atoms with van der Waals surface area (Å²) in [6.45, 7) is 0. The monoisotopic (exact) mass is 604 g/mol. The number of fused-ring (bicyclic) bond motifs is 6. The van der Waals surface area contributed by atoms with Gasteiger partial charge in [0.1, 0.15) is 0 Å². The van der Waals surface area contributed by atoms with Crippen molar-refractivity contribution >= 4 is 32.3 Å². The number of hydrogen-bond acceptors (Lipinski definition) is 0. The van der Waals surface area contributed by atoms with E-state index in [1.807, 2.05) is 115 Å². The molecule has 0 fully saturated rings. The fraction of sp³-hybridized carbons (Fsp3) is 0. The fourth-order valence-electron chi connectivity index (χ4n) is 6.57. The van der Waals surface area contributed by atoms with Gasteiger partial charge in [-0.25, -0.2) is 17.6 Å². The van der Waals surface area contributed by atoms with Crippen molar-refractivity contribution in [2.24, 2.45) is 0 Å². The van der Waals surface area contributed by atoms with Gasteiger partial charge in [-0.15, -0.1) is 0 Å². The molecule has 0 bridgehead atoms.